The summed E-state index contributed by atoms with van der Waals surface area (Å²) in [5, 5.41) is 10.1. The number of hydrogen-bond donors (Lipinski definition) is 2. The van der Waals surface area contributed by atoms with E-state index < -0.39 is 10.0 Å². The highest BCUT2D eigenvalue weighted by Crippen LogP contribution is 2.41. The molecule has 25 heavy (non-hydrogen) atoms. The van der Waals surface area contributed by atoms with Crippen LogP contribution in [-0.2, 0) is 16.6 Å². The molecule has 1 fully saturated rings. The Hall–Kier alpha value is -1.97. The van der Waals surface area contributed by atoms with Crippen molar-refractivity contribution in [2.75, 3.05) is 0 Å². The van der Waals surface area contributed by atoms with Crippen molar-refractivity contribution < 1.29 is 12.8 Å². The van der Waals surface area contributed by atoms with Crippen molar-refractivity contribution in [1.82, 2.24) is 19.9 Å². The molecule has 0 bridgehead atoms. The van der Waals surface area contributed by atoms with E-state index in [1.165, 1.54) is 11.3 Å². The monoisotopic (exact) mass is 378 g/mol. The number of aryl methyl sites for hydroxylation is 2. The SMILES string of the molecule is Cc1[nH]c(C)c(S(=O)(=O)NCc2cccs2)c1-c1nnc(C2CC2)o1. The minimum atomic E-state index is -3.72. The molecule has 0 aromatic carbocycles. The van der Waals surface area contributed by atoms with Crippen LogP contribution in [0.1, 0.15) is 40.9 Å². The van der Waals surface area contributed by atoms with Gasteiger partial charge in [-0.15, -0.1) is 21.5 Å². The Morgan fingerprint density at radius 2 is 2.12 bits per heavy atom. The third-order valence-corrected chi connectivity index (χ3v) is 6.63. The summed E-state index contributed by atoms with van der Waals surface area (Å²) in [6.45, 7) is 3.79. The molecule has 7 nitrogen and oxygen atoms in total. The molecule has 4 rings (SSSR count). The lowest BCUT2D eigenvalue weighted by atomic mass is 10.2. The summed E-state index contributed by atoms with van der Waals surface area (Å²) in [5.41, 5.74) is 1.70. The Kier molecular flexibility index (Phi) is 4.01. The summed E-state index contributed by atoms with van der Waals surface area (Å²) in [6, 6.07) is 3.78. The molecule has 3 heterocycles. The number of H-pyrrole nitrogens is 1. The molecular formula is C16H18N4O3S2. The first-order valence-corrected chi connectivity index (χ1v) is 10.4. The molecule has 3 aromatic rings. The maximum atomic E-state index is 12.9. The summed E-state index contributed by atoms with van der Waals surface area (Å²) in [6.07, 6.45) is 2.08. The van der Waals surface area contributed by atoms with Crippen molar-refractivity contribution in [2.24, 2.45) is 0 Å². The minimum Gasteiger partial charge on any atom is -0.420 e. The van der Waals surface area contributed by atoms with E-state index in [4.69, 9.17) is 4.42 Å². The molecule has 1 saturated carbocycles. The van der Waals surface area contributed by atoms with Crippen LogP contribution in [0.2, 0.25) is 0 Å². The fourth-order valence-electron chi connectivity index (χ4n) is 2.83. The Bertz CT molecular complexity index is 999. The van der Waals surface area contributed by atoms with Gasteiger partial charge in [0.1, 0.15) is 4.90 Å². The smallest absolute Gasteiger partial charge is 0.250 e. The number of aromatic amines is 1. The van der Waals surface area contributed by atoms with E-state index in [-0.39, 0.29) is 17.3 Å². The van der Waals surface area contributed by atoms with E-state index in [1.54, 1.807) is 6.92 Å². The Labute approximate surface area is 149 Å². The van der Waals surface area contributed by atoms with Crippen molar-refractivity contribution in [3.63, 3.8) is 0 Å². The van der Waals surface area contributed by atoms with E-state index in [9.17, 15) is 8.42 Å². The van der Waals surface area contributed by atoms with Crippen LogP contribution in [0.3, 0.4) is 0 Å². The molecule has 1 aliphatic carbocycles. The van der Waals surface area contributed by atoms with Gasteiger partial charge in [0.15, 0.2) is 0 Å². The third kappa shape index (κ3) is 3.14. The van der Waals surface area contributed by atoms with Crippen molar-refractivity contribution in [3.8, 4) is 11.5 Å². The summed E-state index contributed by atoms with van der Waals surface area (Å²) in [4.78, 5) is 4.21. The molecule has 3 aromatic heterocycles. The van der Waals surface area contributed by atoms with Gasteiger partial charge >= 0.3 is 0 Å². The first-order chi connectivity index (χ1) is 12.0. The van der Waals surface area contributed by atoms with Gasteiger partial charge in [0.2, 0.25) is 15.9 Å². The fraction of sp³-hybridized carbons (Fsp3) is 0.375. The first kappa shape index (κ1) is 16.5. The van der Waals surface area contributed by atoms with E-state index in [2.05, 4.69) is 19.9 Å². The van der Waals surface area contributed by atoms with Gasteiger partial charge in [0, 0.05) is 28.7 Å². The van der Waals surface area contributed by atoms with Crippen molar-refractivity contribution in [1.29, 1.82) is 0 Å². The quantitative estimate of drug-likeness (QED) is 0.686. The second-order valence-corrected chi connectivity index (χ2v) is 8.94. The largest absolute Gasteiger partial charge is 0.420 e. The van der Waals surface area contributed by atoms with Crippen LogP contribution < -0.4 is 4.72 Å². The van der Waals surface area contributed by atoms with Crippen LogP contribution in [-0.4, -0.2) is 23.6 Å². The molecule has 9 heteroatoms. The highest BCUT2D eigenvalue weighted by Gasteiger charge is 2.32. The van der Waals surface area contributed by atoms with Gasteiger partial charge in [-0.1, -0.05) is 6.07 Å². The average Bonchev–Trinajstić information content (AvgIpc) is 2.99. The average molecular weight is 378 g/mol. The molecule has 2 N–H and O–H groups in total. The van der Waals surface area contributed by atoms with E-state index in [0.717, 1.165) is 17.7 Å². The summed E-state index contributed by atoms with van der Waals surface area (Å²) >= 11 is 1.51. The summed E-state index contributed by atoms with van der Waals surface area (Å²) < 4.78 is 34.2. The van der Waals surface area contributed by atoms with Crippen LogP contribution in [0.4, 0.5) is 0 Å². The minimum absolute atomic E-state index is 0.174. The Morgan fingerprint density at radius 1 is 1.32 bits per heavy atom. The number of nitrogens with zero attached hydrogens (tertiary/aromatic N) is 2. The molecule has 0 amide bonds. The van der Waals surface area contributed by atoms with Crippen molar-refractivity contribution >= 4 is 21.4 Å². The molecule has 0 aliphatic heterocycles. The number of hydrogen-bond acceptors (Lipinski definition) is 6. The number of nitrogens with one attached hydrogen (secondary N) is 2. The zero-order valence-corrected chi connectivity index (χ0v) is 15.5. The van der Waals surface area contributed by atoms with Gasteiger partial charge in [-0.25, -0.2) is 13.1 Å². The van der Waals surface area contributed by atoms with Crippen LogP contribution in [0, 0.1) is 13.8 Å². The van der Waals surface area contributed by atoms with Gasteiger partial charge in [-0.05, 0) is 38.1 Å². The summed E-state index contributed by atoms with van der Waals surface area (Å²) in [7, 11) is -3.72. The molecule has 0 spiro atoms. The van der Waals surface area contributed by atoms with Gasteiger partial charge in [-0.3, -0.25) is 0 Å². The maximum Gasteiger partial charge on any atom is 0.250 e. The Morgan fingerprint density at radius 3 is 2.80 bits per heavy atom. The topological polar surface area (TPSA) is 101 Å². The van der Waals surface area contributed by atoms with Crippen LogP contribution in [0.15, 0.2) is 26.8 Å². The second kappa shape index (κ2) is 6.08. The van der Waals surface area contributed by atoms with Crippen LogP contribution in [0.25, 0.3) is 11.5 Å². The molecule has 132 valence electrons. The lowest BCUT2D eigenvalue weighted by molar-refractivity contribution is 0.506. The van der Waals surface area contributed by atoms with E-state index >= 15 is 0 Å². The van der Waals surface area contributed by atoms with E-state index in [1.807, 2.05) is 24.4 Å². The van der Waals surface area contributed by atoms with E-state index in [0.29, 0.717) is 28.8 Å². The van der Waals surface area contributed by atoms with Gasteiger partial charge in [-0.2, -0.15) is 0 Å². The Balaban J connectivity index is 1.70. The highest BCUT2D eigenvalue weighted by atomic mass is 32.2. The van der Waals surface area contributed by atoms with Gasteiger partial charge in [0.25, 0.3) is 5.89 Å². The lowest BCUT2D eigenvalue weighted by Crippen LogP contribution is -2.23. The predicted molar refractivity (Wildman–Crippen MR) is 93.9 cm³/mol. The predicted octanol–water partition coefficient (Wildman–Crippen LogP) is 3.10. The zero-order valence-electron chi connectivity index (χ0n) is 13.9. The highest BCUT2D eigenvalue weighted by molar-refractivity contribution is 7.89. The molecule has 0 atom stereocenters. The lowest BCUT2D eigenvalue weighted by Gasteiger charge is -2.07. The van der Waals surface area contributed by atoms with Crippen molar-refractivity contribution in [3.05, 3.63) is 39.7 Å². The number of thiophene rings is 1. The van der Waals surface area contributed by atoms with Gasteiger partial charge < -0.3 is 9.40 Å². The molecule has 0 unspecified atom stereocenters. The van der Waals surface area contributed by atoms with Crippen molar-refractivity contribution in [2.45, 2.75) is 44.0 Å². The fourth-order valence-corrected chi connectivity index (χ4v) is 5.02. The maximum absolute atomic E-state index is 12.9. The van der Waals surface area contributed by atoms with Gasteiger partial charge in [0.05, 0.1) is 5.56 Å². The second-order valence-electron chi connectivity index (χ2n) is 6.20. The molecule has 1 aliphatic rings. The normalized spacial score (nSPS) is 15.0. The molecule has 0 radical (unpaired) electrons. The van der Waals surface area contributed by atoms with Crippen LogP contribution in [0.5, 0.6) is 0 Å². The standard InChI is InChI=1S/C16H18N4O3S2/c1-9-13(16-20-19-15(23-16)11-5-6-11)14(10(2)18-9)25(21,22)17-8-12-4-3-7-24-12/h3-4,7,11,17-18H,5-6,8H2,1-2H3. The molecular weight excluding hydrogens is 360 g/mol. The third-order valence-electron chi connectivity index (χ3n) is 4.18. The zero-order chi connectivity index (χ0) is 17.6. The number of rotatable bonds is 6. The number of aromatic nitrogens is 3. The first-order valence-electron chi connectivity index (χ1n) is 8.00. The molecule has 0 saturated heterocycles. The number of sulfonamides is 1. The van der Waals surface area contributed by atoms with Crippen LogP contribution >= 0.6 is 11.3 Å². The summed E-state index contributed by atoms with van der Waals surface area (Å²) in [5.74, 6) is 1.15.